The van der Waals surface area contributed by atoms with E-state index in [1.807, 2.05) is 30.3 Å². The van der Waals surface area contributed by atoms with Crippen LogP contribution in [0, 0.1) is 0 Å². The molecular weight excluding hydrogens is 322 g/mol. The number of ether oxygens (including phenoxy) is 3. The van der Waals surface area contributed by atoms with Crippen LogP contribution in [-0.4, -0.2) is 26.2 Å². The number of carbonyl (C=O) groups excluding carboxylic acids is 1. The smallest absolute Gasteiger partial charge is 0.314 e. The van der Waals surface area contributed by atoms with E-state index < -0.39 is 12.0 Å². The molecule has 25 heavy (non-hydrogen) atoms. The van der Waals surface area contributed by atoms with E-state index in [0.717, 1.165) is 11.1 Å². The van der Waals surface area contributed by atoms with Gasteiger partial charge < -0.3 is 14.2 Å². The fourth-order valence-corrected chi connectivity index (χ4v) is 2.29. The lowest BCUT2D eigenvalue weighted by atomic mass is 10.1. The summed E-state index contributed by atoms with van der Waals surface area (Å²) in [5, 5.41) is 3.49. The Bertz CT molecular complexity index is 758. The lowest BCUT2D eigenvalue weighted by molar-refractivity contribution is -0.142. The number of hydrogen-bond acceptors (Lipinski definition) is 5. The van der Waals surface area contributed by atoms with E-state index in [1.54, 1.807) is 25.3 Å². The summed E-state index contributed by atoms with van der Waals surface area (Å²) in [4.78, 5) is 14.4. The molecular formula is C18H19N3O4. The number of azide groups is 1. The maximum atomic E-state index is 11.7. The molecule has 2 aromatic rings. The zero-order chi connectivity index (χ0) is 18.1. The van der Waals surface area contributed by atoms with E-state index in [4.69, 9.17) is 15.0 Å². The fraction of sp³-hybridized carbons (Fsp3) is 0.278. The van der Waals surface area contributed by atoms with Crippen molar-refractivity contribution in [3.05, 3.63) is 70.1 Å². The number of carbonyl (C=O) groups is 1. The molecule has 0 aliphatic rings. The van der Waals surface area contributed by atoms with Crippen molar-refractivity contribution >= 4 is 5.97 Å². The Balaban J connectivity index is 2.17. The first-order valence-electron chi connectivity index (χ1n) is 7.63. The van der Waals surface area contributed by atoms with Gasteiger partial charge in [-0.15, -0.1) is 0 Å². The Morgan fingerprint density at radius 1 is 1.12 bits per heavy atom. The predicted octanol–water partition coefficient (Wildman–Crippen LogP) is 3.67. The van der Waals surface area contributed by atoms with Gasteiger partial charge in [-0.05, 0) is 35.2 Å². The van der Waals surface area contributed by atoms with Crippen LogP contribution in [0.5, 0.6) is 11.5 Å². The normalized spacial score (nSPS) is 11.1. The van der Waals surface area contributed by atoms with Crippen molar-refractivity contribution < 1.29 is 19.0 Å². The van der Waals surface area contributed by atoms with Crippen molar-refractivity contribution in [1.29, 1.82) is 0 Å². The third-order valence-corrected chi connectivity index (χ3v) is 3.56. The Labute approximate surface area is 145 Å². The fourth-order valence-electron chi connectivity index (χ4n) is 2.29. The zero-order valence-corrected chi connectivity index (χ0v) is 14.1. The third-order valence-electron chi connectivity index (χ3n) is 3.56. The summed E-state index contributed by atoms with van der Waals surface area (Å²) in [6.07, 6.45) is 0.211. The van der Waals surface area contributed by atoms with Gasteiger partial charge in [0.2, 0.25) is 0 Å². The number of hydrogen-bond donors (Lipinski definition) is 0. The molecule has 0 aliphatic carbocycles. The minimum atomic E-state index is -0.926. The molecule has 0 saturated heterocycles. The Morgan fingerprint density at radius 3 is 2.52 bits per heavy atom. The maximum Gasteiger partial charge on any atom is 0.314 e. The van der Waals surface area contributed by atoms with Crippen molar-refractivity contribution in [2.45, 2.75) is 19.1 Å². The molecule has 0 amide bonds. The van der Waals surface area contributed by atoms with Gasteiger partial charge in [-0.1, -0.05) is 41.5 Å². The molecule has 0 N–H and O–H groups in total. The highest BCUT2D eigenvalue weighted by molar-refractivity contribution is 5.76. The van der Waals surface area contributed by atoms with Gasteiger partial charge in [-0.2, -0.15) is 0 Å². The lowest BCUT2D eigenvalue weighted by Gasteiger charge is -2.14. The second-order valence-corrected chi connectivity index (χ2v) is 5.21. The van der Waals surface area contributed by atoms with Crippen molar-refractivity contribution in [2.24, 2.45) is 5.11 Å². The van der Waals surface area contributed by atoms with Crippen molar-refractivity contribution in [2.75, 3.05) is 14.2 Å². The SMILES string of the molecule is COC(=O)[C@H](Cc1ccc(OC)c(OCc2ccccc2)c1)N=[N+]=[N-]. The Kier molecular flexibility index (Phi) is 6.68. The van der Waals surface area contributed by atoms with Crippen LogP contribution < -0.4 is 9.47 Å². The maximum absolute atomic E-state index is 11.7. The molecule has 0 saturated carbocycles. The standard InChI is InChI=1S/C18H19N3O4/c1-23-16-9-8-14(10-15(20-21-19)18(22)24-2)11-17(16)25-12-13-6-4-3-5-7-13/h3-9,11,15H,10,12H2,1-2H3/t15-/m0/s1. The van der Waals surface area contributed by atoms with Gasteiger partial charge in [0, 0.05) is 4.91 Å². The average Bonchev–Trinajstić information content (AvgIpc) is 2.66. The summed E-state index contributed by atoms with van der Waals surface area (Å²) in [5.74, 6) is 0.548. The lowest BCUT2D eigenvalue weighted by Crippen LogP contribution is -2.22. The van der Waals surface area contributed by atoms with Gasteiger partial charge in [0.1, 0.15) is 12.6 Å². The monoisotopic (exact) mass is 341 g/mol. The van der Waals surface area contributed by atoms with E-state index in [0.29, 0.717) is 18.1 Å². The second-order valence-electron chi connectivity index (χ2n) is 5.21. The van der Waals surface area contributed by atoms with Gasteiger partial charge in [0.15, 0.2) is 11.5 Å². The quantitative estimate of drug-likeness (QED) is 0.317. The first-order chi connectivity index (χ1) is 12.2. The molecule has 0 fully saturated rings. The topological polar surface area (TPSA) is 93.5 Å². The summed E-state index contributed by atoms with van der Waals surface area (Å²) in [6.45, 7) is 0.386. The van der Waals surface area contributed by atoms with E-state index in [1.165, 1.54) is 7.11 Å². The molecule has 0 aromatic heterocycles. The average molecular weight is 341 g/mol. The molecule has 0 spiro atoms. The Morgan fingerprint density at radius 2 is 1.88 bits per heavy atom. The number of nitrogens with zero attached hydrogens (tertiary/aromatic N) is 3. The minimum absolute atomic E-state index is 0.211. The van der Waals surface area contributed by atoms with Crippen molar-refractivity contribution in [3.63, 3.8) is 0 Å². The minimum Gasteiger partial charge on any atom is -0.493 e. The van der Waals surface area contributed by atoms with Crippen molar-refractivity contribution in [3.8, 4) is 11.5 Å². The highest BCUT2D eigenvalue weighted by atomic mass is 16.5. The molecule has 2 rings (SSSR count). The number of methoxy groups -OCH3 is 2. The summed E-state index contributed by atoms with van der Waals surface area (Å²) in [7, 11) is 2.81. The number of benzene rings is 2. The molecule has 0 bridgehead atoms. The van der Waals surface area contributed by atoms with Crippen LogP contribution in [0.1, 0.15) is 11.1 Å². The molecule has 0 heterocycles. The van der Waals surface area contributed by atoms with Gasteiger partial charge in [-0.3, -0.25) is 4.79 Å². The van der Waals surface area contributed by atoms with Crippen LogP contribution in [-0.2, 0) is 22.6 Å². The molecule has 0 aliphatic heterocycles. The molecule has 0 unspecified atom stereocenters. The summed E-state index contributed by atoms with van der Waals surface area (Å²) in [6, 6.07) is 14.1. The zero-order valence-electron chi connectivity index (χ0n) is 14.1. The molecule has 2 aromatic carbocycles. The van der Waals surface area contributed by atoms with Gasteiger partial charge >= 0.3 is 5.97 Å². The number of esters is 1. The largest absolute Gasteiger partial charge is 0.493 e. The third kappa shape index (κ3) is 5.16. The van der Waals surface area contributed by atoms with Crippen LogP contribution in [0.15, 0.2) is 53.6 Å². The highest BCUT2D eigenvalue weighted by Crippen LogP contribution is 2.29. The summed E-state index contributed by atoms with van der Waals surface area (Å²) < 4.78 is 15.8. The van der Waals surface area contributed by atoms with Gasteiger partial charge in [-0.25, -0.2) is 0 Å². The predicted molar refractivity (Wildman–Crippen MR) is 92.4 cm³/mol. The van der Waals surface area contributed by atoms with Crippen molar-refractivity contribution in [1.82, 2.24) is 0 Å². The number of rotatable bonds is 8. The second kappa shape index (κ2) is 9.20. The van der Waals surface area contributed by atoms with Crippen LogP contribution >= 0.6 is 0 Å². The highest BCUT2D eigenvalue weighted by Gasteiger charge is 2.19. The van der Waals surface area contributed by atoms with E-state index in [-0.39, 0.29) is 6.42 Å². The first kappa shape index (κ1) is 18.2. The van der Waals surface area contributed by atoms with Gasteiger partial charge in [0.25, 0.3) is 0 Å². The molecule has 7 nitrogen and oxygen atoms in total. The molecule has 0 radical (unpaired) electrons. The summed E-state index contributed by atoms with van der Waals surface area (Å²) in [5.41, 5.74) is 10.4. The first-order valence-corrected chi connectivity index (χ1v) is 7.63. The van der Waals surface area contributed by atoms with E-state index >= 15 is 0 Å². The van der Waals surface area contributed by atoms with E-state index in [9.17, 15) is 4.79 Å². The Hall–Kier alpha value is -3.18. The van der Waals surface area contributed by atoms with Crippen LogP contribution in [0.25, 0.3) is 10.4 Å². The van der Waals surface area contributed by atoms with Gasteiger partial charge in [0.05, 0.1) is 14.2 Å². The summed E-state index contributed by atoms with van der Waals surface area (Å²) >= 11 is 0. The molecule has 130 valence electrons. The molecule has 7 heteroatoms. The van der Waals surface area contributed by atoms with Crippen LogP contribution in [0.2, 0.25) is 0 Å². The van der Waals surface area contributed by atoms with Crippen LogP contribution in [0.4, 0.5) is 0 Å². The molecule has 1 atom stereocenters. The van der Waals surface area contributed by atoms with E-state index in [2.05, 4.69) is 14.8 Å². The van der Waals surface area contributed by atoms with Crippen LogP contribution in [0.3, 0.4) is 0 Å².